The summed E-state index contributed by atoms with van der Waals surface area (Å²) in [5.41, 5.74) is 5.55. The molecule has 2 fully saturated rings. The Kier molecular flexibility index (Phi) is 2.33. The molecule has 0 radical (unpaired) electrons. The predicted molar refractivity (Wildman–Crippen MR) is 51.2 cm³/mol. The van der Waals surface area contributed by atoms with Crippen LogP contribution in [0.4, 0.5) is 0 Å². The normalized spacial score (nSPS) is 33.8. The van der Waals surface area contributed by atoms with Gasteiger partial charge in [0.1, 0.15) is 0 Å². The number of hydrogen-bond donors (Lipinski definition) is 1. The highest BCUT2D eigenvalue weighted by Gasteiger charge is 2.37. The van der Waals surface area contributed by atoms with E-state index < -0.39 is 9.84 Å². The Labute approximate surface area is 79.0 Å². The van der Waals surface area contributed by atoms with Crippen molar-refractivity contribution in [3.63, 3.8) is 0 Å². The fourth-order valence-corrected chi connectivity index (χ4v) is 3.66. The van der Waals surface area contributed by atoms with Gasteiger partial charge in [0.05, 0.1) is 11.5 Å². The molecule has 0 aliphatic carbocycles. The zero-order chi connectivity index (χ0) is 9.47. The van der Waals surface area contributed by atoms with E-state index in [4.69, 9.17) is 5.73 Å². The fourth-order valence-electron chi connectivity index (χ4n) is 2.11. The molecule has 2 heterocycles. The van der Waals surface area contributed by atoms with Crippen LogP contribution in [-0.4, -0.2) is 50.5 Å². The Hall–Kier alpha value is -0.130. The van der Waals surface area contributed by atoms with Crippen LogP contribution in [0, 0.1) is 5.92 Å². The molecule has 13 heavy (non-hydrogen) atoms. The summed E-state index contributed by atoms with van der Waals surface area (Å²) in [7, 11) is -2.64. The van der Waals surface area contributed by atoms with E-state index in [1.54, 1.807) is 0 Å². The minimum absolute atomic E-state index is 0.374. The highest BCUT2D eigenvalue weighted by Crippen LogP contribution is 2.24. The smallest absolute Gasteiger partial charge is 0.151 e. The second-order valence-corrected chi connectivity index (χ2v) is 6.27. The van der Waals surface area contributed by atoms with Crippen molar-refractivity contribution in [1.29, 1.82) is 0 Å². The summed E-state index contributed by atoms with van der Waals surface area (Å²) in [6, 6.07) is 0.517. The minimum atomic E-state index is -2.64. The summed E-state index contributed by atoms with van der Waals surface area (Å²) in [4.78, 5) is 2.30. The zero-order valence-electron chi connectivity index (χ0n) is 7.65. The van der Waals surface area contributed by atoms with E-state index in [1.165, 1.54) is 6.42 Å². The van der Waals surface area contributed by atoms with Crippen LogP contribution < -0.4 is 5.73 Å². The van der Waals surface area contributed by atoms with E-state index in [1.807, 2.05) is 0 Å². The second-order valence-electron chi connectivity index (χ2n) is 4.12. The van der Waals surface area contributed by atoms with Gasteiger partial charge in [0.25, 0.3) is 0 Å². The van der Waals surface area contributed by atoms with Gasteiger partial charge in [-0.1, -0.05) is 0 Å². The van der Waals surface area contributed by atoms with Crippen LogP contribution in [-0.2, 0) is 9.84 Å². The van der Waals surface area contributed by atoms with Crippen LogP contribution in [0.15, 0.2) is 0 Å². The van der Waals surface area contributed by atoms with Gasteiger partial charge in [-0.15, -0.1) is 0 Å². The van der Waals surface area contributed by atoms with Crippen LogP contribution >= 0.6 is 0 Å². The first-order valence-electron chi connectivity index (χ1n) is 4.75. The molecule has 2 rings (SSSR count). The van der Waals surface area contributed by atoms with Crippen LogP contribution in [0.5, 0.6) is 0 Å². The van der Waals surface area contributed by atoms with Crippen molar-refractivity contribution in [3.8, 4) is 0 Å². The maximum Gasteiger partial charge on any atom is 0.151 e. The van der Waals surface area contributed by atoms with Crippen molar-refractivity contribution in [2.45, 2.75) is 12.5 Å². The average molecular weight is 204 g/mol. The molecule has 0 aromatic rings. The first-order chi connectivity index (χ1) is 6.11. The molecule has 0 aromatic heterocycles. The summed E-state index contributed by atoms with van der Waals surface area (Å²) in [5.74, 6) is 1.15. The summed E-state index contributed by atoms with van der Waals surface area (Å²) in [6.45, 7) is 2.74. The predicted octanol–water partition coefficient (Wildman–Crippen LogP) is -0.936. The lowest BCUT2D eigenvalue weighted by Crippen LogP contribution is -2.56. The van der Waals surface area contributed by atoms with E-state index in [-0.39, 0.29) is 0 Å². The van der Waals surface area contributed by atoms with Gasteiger partial charge in [-0.05, 0) is 12.3 Å². The molecule has 2 N–H and O–H groups in total. The molecule has 0 bridgehead atoms. The van der Waals surface area contributed by atoms with Crippen LogP contribution in [0.1, 0.15) is 6.42 Å². The molecule has 0 aromatic carbocycles. The van der Waals surface area contributed by atoms with Crippen LogP contribution in [0.3, 0.4) is 0 Å². The first-order valence-corrected chi connectivity index (χ1v) is 6.57. The Morgan fingerprint density at radius 1 is 1.38 bits per heavy atom. The Balaban J connectivity index is 1.75. The second kappa shape index (κ2) is 3.22. The highest BCUT2D eigenvalue weighted by molar-refractivity contribution is 7.92. The third-order valence-corrected chi connectivity index (χ3v) is 4.97. The first kappa shape index (κ1) is 9.43. The van der Waals surface area contributed by atoms with Crippen molar-refractivity contribution in [1.82, 2.24) is 4.90 Å². The summed E-state index contributed by atoms with van der Waals surface area (Å²) >= 11 is 0. The molecule has 1 atom stereocenters. The molecule has 0 saturated carbocycles. The summed E-state index contributed by atoms with van der Waals surface area (Å²) in [6.07, 6.45) is 1.18. The summed E-state index contributed by atoms with van der Waals surface area (Å²) < 4.78 is 21.8. The Morgan fingerprint density at radius 2 is 2.08 bits per heavy atom. The molecule has 0 spiro atoms. The topological polar surface area (TPSA) is 63.4 Å². The molecule has 76 valence electrons. The van der Waals surface area contributed by atoms with Gasteiger partial charge >= 0.3 is 0 Å². The maximum absolute atomic E-state index is 10.9. The third kappa shape index (κ3) is 1.87. The summed E-state index contributed by atoms with van der Waals surface area (Å²) in [5, 5.41) is 0. The van der Waals surface area contributed by atoms with Crippen molar-refractivity contribution in [3.05, 3.63) is 0 Å². The Morgan fingerprint density at radius 3 is 2.46 bits per heavy atom. The zero-order valence-corrected chi connectivity index (χ0v) is 8.46. The van der Waals surface area contributed by atoms with Crippen molar-refractivity contribution < 1.29 is 8.42 Å². The molecule has 4 nitrogen and oxygen atoms in total. The average Bonchev–Trinajstić information content (AvgIpc) is 1.95. The van der Waals surface area contributed by atoms with E-state index in [9.17, 15) is 8.42 Å². The van der Waals surface area contributed by atoms with Gasteiger partial charge in [-0.25, -0.2) is 8.42 Å². The van der Waals surface area contributed by atoms with Gasteiger partial charge in [-0.3, -0.25) is 4.90 Å². The number of likely N-dealkylation sites (tertiary alicyclic amines) is 1. The highest BCUT2D eigenvalue weighted by atomic mass is 32.2. The number of rotatable bonds is 3. The lowest BCUT2D eigenvalue weighted by atomic mass is 10.0. The standard InChI is InChI=1S/C8H16N2O2S/c9-3-8-1-2-10(8)4-7-5-13(11,12)6-7/h7-8H,1-6,9H2. The van der Waals surface area contributed by atoms with Gasteiger partial charge in [0.2, 0.25) is 0 Å². The fraction of sp³-hybridized carbons (Fsp3) is 1.00. The molecule has 1 unspecified atom stereocenters. The van der Waals surface area contributed by atoms with Gasteiger partial charge in [0, 0.05) is 25.7 Å². The molecule has 2 aliphatic heterocycles. The van der Waals surface area contributed by atoms with Gasteiger partial charge < -0.3 is 5.73 Å². The van der Waals surface area contributed by atoms with Gasteiger partial charge in [-0.2, -0.15) is 0 Å². The number of nitrogens with zero attached hydrogens (tertiary/aromatic N) is 1. The number of sulfone groups is 1. The van der Waals surface area contributed by atoms with Gasteiger partial charge in [0.15, 0.2) is 9.84 Å². The minimum Gasteiger partial charge on any atom is -0.329 e. The molecular weight excluding hydrogens is 188 g/mol. The molecular formula is C8H16N2O2S. The maximum atomic E-state index is 10.9. The SMILES string of the molecule is NCC1CCN1CC1CS(=O)(=O)C1. The lowest BCUT2D eigenvalue weighted by Gasteiger charge is -2.43. The van der Waals surface area contributed by atoms with Crippen LogP contribution in [0.25, 0.3) is 0 Å². The van der Waals surface area contributed by atoms with E-state index in [0.29, 0.717) is 30.0 Å². The van der Waals surface area contributed by atoms with Crippen molar-refractivity contribution >= 4 is 9.84 Å². The van der Waals surface area contributed by atoms with Crippen molar-refractivity contribution in [2.24, 2.45) is 11.7 Å². The Bertz CT molecular complexity index is 275. The largest absolute Gasteiger partial charge is 0.329 e. The monoisotopic (exact) mass is 204 g/mol. The lowest BCUT2D eigenvalue weighted by molar-refractivity contribution is 0.0814. The van der Waals surface area contributed by atoms with Crippen molar-refractivity contribution in [2.75, 3.05) is 31.1 Å². The molecule has 5 heteroatoms. The molecule has 2 aliphatic rings. The van der Waals surface area contributed by atoms with Crippen LogP contribution in [0.2, 0.25) is 0 Å². The molecule has 2 saturated heterocycles. The quantitative estimate of drug-likeness (QED) is 0.645. The van der Waals surface area contributed by atoms with E-state index >= 15 is 0 Å². The number of nitrogens with two attached hydrogens (primary N) is 1. The number of hydrogen-bond acceptors (Lipinski definition) is 4. The molecule has 0 amide bonds. The third-order valence-electron chi connectivity index (χ3n) is 3.01. The van der Waals surface area contributed by atoms with E-state index in [2.05, 4.69) is 4.90 Å². The van der Waals surface area contributed by atoms with E-state index in [0.717, 1.165) is 13.1 Å².